The predicted octanol–water partition coefficient (Wildman–Crippen LogP) is 3.74. The van der Waals surface area contributed by atoms with Crippen molar-refractivity contribution in [2.75, 3.05) is 11.9 Å². The largest absolute Gasteiger partial charge is 0.444 e. The van der Waals surface area contributed by atoms with Crippen molar-refractivity contribution < 1.29 is 19.1 Å². The standard InChI is InChI=1S/C22H33N3O4/c1-22(2,3)29-21(28)23-12-11-19(26)25-18-10-6-9-17(13-18)15-24-20(27)14-16-7-4-5-8-16/h6,9-10,13,16H,4-5,7-8,11-12,14-15H2,1-3H3,(H,23,28)(H,24,27)(H,25,26). The molecule has 29 heavy (non-hydrogen) atoms. The molecule has 1 saturated carbocycles. The molecule has 1 aliphatic rings. The summed E-state index contributed by atoms with van der Waals surface area (Å²) >= 11 is 0. The zero-order valence-corrected chi connectivity index (χ0v) is 17.7. The molecule has 0 radical (unpaired) electrons. The number of nitrogens with one attached hydrogen (secondary N) is 3. The number of alkyl carbamates (subject to hydrolysis) is 1. The van der Waals surface area contributed by atoms with Gasteiger partial charge < -0.3 is 20.7 Å². The molecule has 3 N–H and O–H groups in total. The molecular weight excluding hydrogens is 370 g/mol. The Kier molecular flexibility index (Phi) is 8.49. The maximum absolute atomic E-state index is 12.1. The monoisotopic (exact) mass is 403 g/mol. The SMILES string of the molecule is CC(C)(C)OC(=O)NCCC(=O)Nc1cccc(CNC(=O)CC2CCCC2)c1. The maximum Gasteiger partial charge on any atom is 0.407 e. The summed E-state index contributed by atoms with van der Waals surface area (Å²) in [5.74, 6) is 0.401. The van der Waals surface area contributed by atoms with E-state index in [-0.39, 0.29) is 24.8 Å². The first kappa shape index (κ1) is 22.7. The molecule has 2 rings (SSSR count). The van der Waals surface area contributed by atoms with Gasteiger partial charge in [-0.2, -0.15) is 0 Å². The van der Waals surface area contributed by atoms with E-state index in [1.807, 2.05) is 18.2 Å². The molecule has 1 aliphatic carbocycles. The minimum Gasteiger partial charge on any atom is -0.444 e. The summed E-state index contributed by atoms with van der Waals surface area (Å²) in [6.07, 6.45) is 4.96. The molecule has 3 amide bonds. The van der Waals surface area contributed by atoms with E-state index in [9.17, 15) is 14.4 Å². The summed E-state index contributed by atoms with van der Waals surface area (Å²) in [7, 11) is 0. The van der Waals surface area contributed by atoms with Crippen LogP contribution in [-0.2, 0) is 20.9 Å². The number of hydrogen-bond acceptors (Lipinski definition) is 4. The van der Waals surface area contributed by atoms with Crippen molar-refractivity contribution in [2.45, 2.75) is 71.4 Å². The minimum absolute atomic E-state index is 0.0829. The molecule has 0 aromatic heterocycles. The molecule has 0 spiro atoms. The summed E-state index contributed by atoms with van der Waals surface area (Å²) in [5.41, 5.74) is 1.02. The van der Waals surface area contributed by atoms with Crippen LogP contribution in [0.3, 0.4) is 0 Å². The van der Waals surface area contributed by atoms with Gasteiger partial charge in [-0.3, -0.25) is 9.59 Å². The summed E-state index contributed by atoms with van der Waals surface area (Å²) in [6.45, 7) is 5.98. The van der Waals surface area contributed by atoms with Gasteiger partial charge in [0, 0.05) is 31.6 Å². The normalized spacial score (nSPS) is 14.3. The van der Waals surface area contributed by atoms with Crippen molar-refractivity contribution in [3.8, 4) is 0 Å². The van der Waals surface area contributed by atoms with Crippen LogP contribution < -0.4 is 16.0 Å². The lowest BCUT2D eigenvalue weighted by Crippen LogP contribution is -2.34. The number of benzene rings is 1. The summed E-state index contributed by atoms with van der Waals surface area (Å²) < 4.78 is 5.13. The highest BCUT2D eigenvalue weighted by atomic mass is 16.6. The molecule has 0 atom stereocenters. The van der Waals surface area contributed by atoms with Gasteiger partial charge in [0.2, 0.25) is 11.8 Å². The topological polar surface area (TPSA) is 96.5 Å². The van der Waals surface area contributed by atoms with Gasteiger partial charge in [0.15, 0.2) is 0 Å². The van der Waals surface area contributed by atoms with E-state index in [0.29, 0.717) is 24.6 Å². The highest BCUT2D eigenvalue weighted by molar-refractivity contribution is 5.91. The Labute approximate surface area is 173 Å². The second-order valence-electron chi connectivity index (χ2n) is 8.56. The molecule has 160 valence electrons. The molecule has 1 fully saturated rings. The van der Waals surface area contributed by atoms with Crippen LogP contribution in [-0.4, -0.2) is 30.1 Å². The number of anilines is 1. The van der Waals surface area contributed by atoms with Gasteiger partial charge in [-0.1, -0.05) is 25.0 Å². The molecule has 0 bridgehead atoms. The fourth-order valence-electron chi connectivity index (χ4n) is 3.32. The lowest BCUT2D eigenvalue weighted by atomic mass is 10.0. The lowest BCUT2D eigenvalue weighted by molar-refractivity contribution is -0.122. The van der Waals surface area contributed by atoms with Crippen molar-refractivity contribution in [1.82, 2.24) is 10.6 Å². The fraction of sp³-hybridized carbons (Fsp3) is 0.591. The highest BCUT2D eigenvalue weighted by Crippen LogP contribution is 2.27. The first-order valence-electron chi connectivity index (χ1n) is 10.3. The van der Waals surface area contributed by atoms with Crippen molar-refractivity contribution in [2.24, 2.45) is 5.92 Å². The second kappa shape index (κ2) is 10.8. The van der Waals surface area contributed by atoms with Gasteiger partial charge in [0.1, 0.15) is 5.60 Å². The van der Waals surface area contributed by atoms with Crippen molar-refractivity contribution in [3.05, 3.63) is 29.8 Å². The Bertz CT molecular complexity index is 706. The van der Waals surface area contributed by atoms with Crippen LogP contribution in [0.5, 0.6) is 0 Å². The van der Waals surface area contributed by atoms with E-state index in [2.05, 4.69) is 16.0 Å². The number of carbonyl (C=O) groups is 3. The van der Waals surface area contributed by atoms with E-state index >= 15 is 0 Å². The molecule has 0 heterocycles. The molecule has 7 nitrogen and oxygen atoms in total. The first-order chi connectivity index (χ1) is 13.7. The number of ether oxygens (including phenoxy) is 1. The van der Waals surface area contributed by atoms with Gasteiger partial charge >= 0.3 is 6.09 Å². The van der Waals surface area contributed by atoms with E-state index in [1.165, 1.54) is 12.8 Å². The Hall–Kier alpha value is -2.57. The zero-order chi connectivity index (χ0) is 21.3. The summed E-state index contributed by atoms with van der Waals surface area (Å²) in [6, 6.07) is 7.39. The molecule has 0 unspecified atom stereocenters. The van der Waals surface area contributed by atoms with Crippen LogP contribution in [0, 0.1) is 5.92 Å². The van der Waals surface area contributed by atoms with E-state index < -0.39 is 11.7 Å². The number of carbonyl (C=O) groups excluding carboxylic acids is 3. The first-order valence-corrected chi connectivity index (χ1v) is 10.3. The molecular formula is C22H33N3O4. The van der Waals surface area contributed by atoms with Crippen LogP contribution in [0.2, 0.25) is 0 Å². The van der Waals surface area contributed by atoms with Gasteiger partial charge in [-0.15, -0.1) is 0 Å². The Morgan fingerprint density at radius 1 is 1.07 bits per heavy atom. The van der Waals surface area contributed by atoms with Crippen LogP contribution in [0.15, 0.2) is 24.3 Å². The third kappa shape index (κ3) is 9.45. The lowest BCUT2D eigenvalue weighted by Gasteiger charge is -2.19. The quantitative estimate of drug-likeness (QED) is 0.616. The van der Waals surface area contributed by atoms with Gasteiger partial charge in [-0.25, -0.2) is 4.79 Å². The van der Waals surface area contributed by atoms with Crippen molar-refractivity contribution >= 4 is 23.6 Å². The average Bonchev–Trinajstić information content (AvgIpc) is 3.11. The predicted molar refractivity (Wildman–Crippen MR) is 112 cm³/mol. The van der Waals surface area contributed by atoms with Gasteiger partial charge in [0.25, 0.3) is 0 Å². The highest BCUT2D eigenvalue weighted by Gasteiger charge is 2.18. The van der Waals surface area contributed by atoms with Crippen LogP contribution >= 0.6 is 0 Å². The molecule has 1 aromatic rings. The van der Waals surface area contributed by atoms with Crippen LogP contribution in [0.25, 0.3) is 0 Å². The van der Waals surface area contributed by atoms with E-state index in [0.717, 1.165) is 18.4 Å². The maximum atomic E-state index is 12.1. The average molecular weight is 404 g/mol. The minimum atomic E-state index is -0.570. The van der Waals surface area contributed by atoms with Gasteiger partial charge in [0.05, 0.1) is 0 Å². The Morgan fingerprint density at radius 3 is 2.48 bits per heavy atom. The number of hydrogen-bond donors (Lipinski definition) is 3. The van der Waals surface area contributed by atoms with E-state index in [4.69, 9.17) is 4.74 Å². The van der Waals surface area contributed by atoms with E-state index in [1.54, 1.807) is 26.8 Å². The third-order valence-corrected chi connectivity index (χ3v) is 4.67. The summed E-state index contributed by atoms with van der Waals surface area (Å²) in [5, 5.41) is 8.33. The molecule has 0 saturated heterocycles. The molecule has 0 aliphatic heterocycles. The van der Waals surface area contributed by atoms with Crippen LogP contribution in [0.1, 0.15) is 64.9 Å². The van der Waals surface area contributed by atoms with Crippen molar-refractivity contribution in [3.63, 3.8) is 0 Å². The van der Waals surface area contributed by atoms with Crippen LogP contribution in [0.4, 0.5) is 10.5 Å². The van der Waals surface area contributed by atoms with Gasteiger partial charge in [-0.05, 0) is 57.2 Å². The Balaban J connectivity index is 1.70. The second-order valence-corrected chi connectivity index (χ2v) is 8.56. The summed E-state index contributed by atoms with van der Waals surface area (Å²) in [4.78, 5) is 35.7. The fourth-order valence-corrected chi connectivity index (χ4v) is 3.32. The number of amides is 3. The number of rotatable bonds is 8. The third-order valence-electron chi connectivity index (χ3n) is 4.67. The molecule has 1 aromatic carbocycles. The smallest absolute Gasteiger partial charge is 0.407 e. The van der Waals surface area contributed by atoms with Crippen molar-refractivity contribution in [1.29, 1.82) is 0 Å². The zero-order valence-electron chi connectivity index (χ0n) is 17.7. The Morgan fingerprint density at radius 2 is 1.79 bits per heavy atom. The molecule has 7 heteroatoms.